The Hall–Kier alpha value is -0.710. The molecule has 4 heteroatoms. The first-order valence-corrected chi connectivity index (χ1v) is 7.21. The highest BCUT2D eigenvalue weighted by Crippen LogP contribution is 2.18. The summed E-state index contributed by atoms with van der Waals surface area (Å²) >= 11 is 1.78. The molecule has 0 heterocycles. The summed E-state index contributed by atoms with van der Waals surface area (Å²) in [5.74, 6) is 1.31. The topological polar surface area (TPSA) is 52.5 Å². The van der Waals surface area contributed by atoms with Crippen molar-refractivity contribution in [2.45, 2.75) is 25.4 Å². The average Bonchev–Trinajstić information content (AvgIpc) is 2.34. The number of aromatic hydroxyl groups is 1. The summed E-state index contributed by atoms with van der Waals surface area (Å²) in [6, 6.07) is 7.45. The van der Waals surface area contributed by atoms with Gasteiger partial charge < -0.3 is 15.5 Å². The van der Waals surface area contributed by atoms with Crippen LogP contribution < -0.4 is 5.32 Å². The molecule has 0 radical (unpaired) electrons. The van der Waals surface area contributed by atoms with Crippen LogP contribution in [0.15, 0.2) is 24.3 Å². The van der Waals surface area contributed by atoms with E-state index in [1.165, 1.54) is 0 Å². The number of thioether (sulfide) groups is 1. The lowest BCUT2D eigenvalue weighted by molar-refractivity contribution is 0.231. The van der Waals surface area contributed by atoms with Crippen molar-refractivity contribution < 1.29 is 10.2 Å². The molecule has 1 aromatic rings. The third-order valence-corrected chi connectivity index (χ3v) is 3.39. The van der Waals surface area contributed by atoms with Crippen molar-refractivity contribution in [1.29, 1.82) is 0 Å². The van der Waals surface area contributed by atoms with Crippen molar-refractivity contribution in [3.05, 3.63) is 29.8 Å². The second-order valence-corrected chi connectivity index (χ2v) is 5.13. The fourth-order valence-electron chi connectivity index (χ4n) is 1.73. The largest absolute Gasteiger partial charge is 0.508 e. The van der Waals surface area contributed by atoms with E-state index in [0.717, 1.165) is 17.7 Å². The number of benzene rings is 1. The van der Waals surface area contributed by atoms with Crippen LogP contribution in [-0.4, -0.2) is 34.9 Å². The number of rotatable bonds is 7. The van der Waals surface area contributed by atoms with Gasteiger partial charge in [0.25, 0.3) is 0 Å². The lowest BCUT2D eigenvalue weighted by Gasteiger charge is -2.22. The average molecular weight is 255 g/mol. The molecule has 0 unspecified atom stereocenters. The normalized spacial score (nSPS) is 14.5. The Bertz CT molecular complexity index is 333. The predicted octanol–water partition coefficient (Wildman–Crippen LogP) is 2.16. The summed E-state index contributed by atoms with van der Waals surface area (Å²) in [7, 11) is 0. The van der Waals surface area contributed by atoms with Gasteiger partial charge in [-0.3, -0.25) is 0 Å². The quantitative estimate of drug-likeness (QED) is 0.699. The van der Waals surface area contributed by atoms with Gasteiger partial charge in [-0.1, -0.05) is 12.1 Å². The maximum Gasteiger partial charge on any atom is 0.115 e. The third-order valence-electron chi connectivity index (χ3n) is 2.75. The van der Waals surface area contributed by atoms with E-state index in [0.29, 0.717) is 0 Å². The fourth-order valence-corrected chi connectivity index (χ4v) is 2.25. The molecule has 3 N–H and O–H groups in total. The number of aliphatic hydroxyl groups is 1. The number of aliphatic hydroxyl groups excluding tert-OH is 1. The predicted molar refractivity (Wildman–Crippen MR) is 73.5 cm³/mol. The fraction of sp³-hybridized carbons (Fsp3) is 0.538. The Balaban J connectivity index is 2.54. The van der Waals surface area contributed by atoms with Gasteiger partial charge in [-0.2, -0.15) is 11.8 Å². The molecule has 0 aromatic heterocycles. The van der Waals surface area contributed by atoms with E-state index in [4.69, 9.17) is 0 Å². The Morgan fingerprint density at radius 2 is 2.18 bits per heavy atom. The summed E-state index contributed by atoms with van der Waals surface area (Å²) < 4.78 is 0. The molecule has 0 fully saturated rings. The molecule has 0 saturated carbocycles. The van der Waals surface area contributed by atoms with Gasteiger partial charge in [0.1, 0.15) is 5.75 Å². The van der Waals surface area contributed by atoms with Crippen LogP contribution >= 0.6 is 11.8 Å². The van der Waals surface area contributed by atoms with Crippen molar-refractivity contribution in [2.75, 3.05) is 18.6 Å². The highest BCUT2D eigenvalue weighted by atomic mass is 32.2. The van der Waals surface area contributed by atoms with E-state index in [1.54, 1.807) is 23.9 Å². The zero-order valence-electron chi connectivity index (χ0n) is 10.4. The van der Waals surface area contributed by atoms with Crippen LogP contribution in [0.4, 0.5) is 0 Å². The van der Waals surface area contributed by atoms with Crippen LogP contribution in [0.2, 0.25) is 0 Å². The zero-order valence-corrected chi connectivity index (χ0v) is 11.2. The summed E-state index contributed by atoms with van der Waals surface area (Å²) in [4.78, 5) is 0. The maximum atomic E-state index is 9.41. The zero-order chi connectivity index (χ0) is 12.7. The van der Waals surface area contributed by atoms with Crippen LogP contribution in [-0.2, 0) is 0 Å². The molecule has 1 rings (SSSR count). The molecular formula is C13H21NO2S. The van der Waals surface area contributed by atoms with E-state index in [1.807, 2.05) is 19.1 Å². The van der Waals surface area contributed by atoms with E-state index < -0.39 is 0 Å². The van der Waals surface area contributed by atoms with Crippen molar-refractivity contribution in [2.24, 2.45) is 0 Å². The Morgan fingerprint density at radius 1 is 1.41 bits per heavy atom. The van der Waals surface area contributed by atoms with Gasteiger partial charge in [0, 0.05) is 12.1 Å². The summed E-state index contributed by atoms with van der Waals surface area (Å²) in [6.45, 7) is 2.18. The van der Waals surface area contributed by atoms with Crippen LogP contribution in [0.1, 0.15) is 24.9 Å². The van der Waals surface area contributed by atoms with E-state index in [2.05, 4.69) is 11.6 Å². The summed E-state index contributed by atoms with van der Waals surface area (Å²) in [5, 5.41) is 22.1. The molecule has 0 aliphatic rings. The molecule has 0 amide bonds. The molecule has 1 aromatic carbocycles. The Labute approximate surface area is 107 Å². The van der Waals surface area contributed by atoms with Gasteiger partial charge in [0.2, 0.25) is 0 Å². The second kappa shape index (κ2) is 7.58. The molecular weight excluding hydrogens is 234 g/mol. The monoisotopic (exact) mass is 255 g/mol. The molecule has 0 spiro atoms. The van der Waals surface area contributed by atoms with Crippen molar-refractivity contribution in [1.82, 2.24) is 5.32 Å². The van der Waals surface area contributed by atoms with Gasteiger partial charge in [-0.05, 0) is 43.0 Å². The lowest BCUT2D eigenvalue weighted by atomic mass is 10.1. The van der Waals surface area contributed by atoms with E-state index in [-0.39, 0.29) is 24.4 Å². The molecule has 96 valence electrons. The van der Waals surface area contributed by atoms with E-state index in [9.17, 15) is 10.2 Å². The summed E-state index contributed by atoms with van der Waals surface area (Å²) in [5.41, 5.74) is 1.03. The number of phenols is 1. The molecule has 0 bridgehead atoms. The first-order chi connectivity index (χ1) is 8.17. The minimum atomic E-state index is 0.111. The van der Waals surface area contributed by atoms with Gasteiger partial charge in [0.05, 0.1) is 6.61 Å². The minimum absolute atomic E-state index is 0.111. The first-order valence-electron chi connectivity index (χ1n) is 5.82. The number of nitrogens with one attached hydrogen (secondary N) is 1. The standard InChI is InChI=1S/C13H21NO2S/c1-10(11-4-3-5-13(16)8-11)14-12(9-15)6-7-17-2/h3-5,8,10,12,14-16H,6-7,9H2,1-2H3/t10-,12-/m1/s1. The van der Waals surface area contributed by atoms with Crippen molar-refractivity contribution in [3.8, 4) is 5.75 Å². The van der Waals surface area contributed by atoms with Crippen LogP contribution in [0, 0.1) is 0 Å². The molecule has 0 aliphatic heterocycles. The molecule has 17 heavy (non-hydrogen) atoms. The Morgan fingerprint density at radius 3 is 2.76 bits per heavy atom. The number of phenolic OH excluding ortho intramolecular Hbond substituents is 1. The van der Waals surface area contributed by atoms with Crippen molar-refractivity contribution >= 4 is 11.8 Å². The van der Waals surface area contributed by atoms with Crippen LogP contribution in [0.25, 0.3) is 0 Å². The van der Waals surface area contributed by atoms with Crippen molar-refractivity contribution in [3.63, 3.8) is 0 Å². The smallest absolute Gasteiger partial charge is 0.115 e. The maximum absolute atomic E-state index is 9.41. The minimum Gasteiger partial charge on any atom is -0.508 e. The van der Waals surface area contributed by atoms with Crippen LogP contribution in [0.3, 0.4) is 0 Å². The molecule has 3 nitrogen and oxygen atoms in total. The van der Waals surface area contributed by atoms with E-state index >= 15 is 0 Å². The molecule has 0 saturated heterocycles. The van der Waals surface area contributed by atoms with Gasteiger partial charge >= 0.3 is 0 Å². The molecule has 0 aliphatic carbocycles. The van der Waals surface area contributed by atoms with Gasteiger partial charge in [-0.15, -0.1) is 0 Å². The Kier molecular flexibility index (Phi) is 6.40. The van der Waals surface area contributed by atoms with Gasteiger partial charge in [-0.25, -0.2) is 0 Å². The number of hydrogen-bond acceptors (Lipinski definition) is 4. The second-order valence-electron chi connectivity index (χ2n) is 4.14. The SMILES string of the molecule is CSCC[C@H](CO)N[C@H](C)c1cccc(O)c1. The first kappa shape index (κ1) is 14.4. The summed E-state index contributed by atoms with van der Waals surface area (Å²) in [6.07, 6.45) is 3.01. The highest BCUT2D eigenvalue weighted by Gasteiger charge is 2.12. The van der Waals surface area contributed by atoms with Gasteiger partial charge in [0.15, 0.2) is 0 Å². The highest BCUT2D eigenvalue weighted by molar-refractivity contribution is 7.98. The number of hydrogen-bond donors (Lipinski definition) is 3. The third kappa shape index (κ3) is 4.98. The lowest BCUT2D eigenvalue weighted by Crippen LogP contribution is -2.35. The van der Waals surface area contributed by atoms with Crippen LogP contribution in [0.5, 0.6) is 5.75 Å². The molecule has 2 atom stereocenters.